The maximum Gasteiger partial charge on any atom is 0.223 e. The number of amides is 2. The van der Waals surface area contributed by atoms with E-state index in [2.05, 4.69) is 5.32 Å². The normalized spacial score (nSPS) is 10.3. The summed E-state index contributed by atoms with van der Waals surface area (Å²) in [6, 6.07) is 12.3. The zero-order valence-corrected chi connectivity index (χ0v) is 16.1. The van der Waals surface area contributed by atoms with Gasteiger partial charge in [0.15, 0.2) is 0 Å². The summed E-state index contributed by atoms with van der Waals surface area (Å²) >= 11 is 12.0. The fourth-order valence-corrected chi connectivity index (χ4v) is 3.02. The van der Waals surface area contributed by atoms with E-state index in [0.29, 0.717) is 28.0 Å². The summed E-state index contributed by atoms with van der Waals surface area (Å²) in [7, 11) is 1.58. The summed E-state index contributed by atoms with van der Waals surface area (Å²) in [6.07, 6.45) is 0.152. The molecule has 0 aliphatic heterocycles. The SMILES string of the molecule is COc1ccccc1CNC(=O)CCN(C(C)=O)c1cc(Cl)cc(Cl)c1. The molecule has 0 spiro atoms. The topological polar surface area (TPSA) is 58.6 Å². The fraction of sp³-hybridized carbons (Fsp3) is 0.263. The quantitative estimate of drug-likeness (QED) is 0.769. The monoisotopic (exact) mass is 394 g/mol. The van der Waals surface area contributed by atoms with Gasteiger partial charge in [0, 0.05) is 47.7 Å². The van der Waals surface area contributed by atoms with Gasteiger partial charge in [-0.15, -0.1) is 0 Å². The van der Waals surface area contributed by atoms with Crippen molar-refractivity contribution in [3.63, 3.8) is 0 Å². The van der Waals surface area contributed by atoms with Crippen LogP contribution in [0.25, 0.3) is 0 Å². The third kappa shape index (κ3) is 5.64. The van der Waals surface area contributed by atoms with E-state index < -0.39 is 0 Å². The molecule has 2 aromatic carbocycles. The molecule has 0 atom stereocenters. The number of benzene rings is 2. The van der Waals surface area contributed by atoms with Crippen LogP contribution in [0.4, 0.5) is 5.69 Å². The van der Waals surface area contributed by atoms with Crippen LogP contribution in [-0.2, 0) is 16.1 Å². The Morgan fingerprint density at radius 3 is 2.38 bits per heavy atom. The second-order valence-corrected chi connectivity index (χ2v) is 6.51. The molecule has 0 bridgehead atoms. The first-order valence-corrected chi connectivity index (χ1v) is 8.79. The lowest BCUT2D eigenvalue weighted by molar-refractivity contribution is -0.121. The van der Waals surface area contributed by atoms with Crippen molar-refractivity contribution in [2.24, 2.45) is 0 Å². The Balaban J connectivity index is 1.96. The minimum absolute atomic E-state index is 0.152. The molecular formula is C19H20Cl2N2O3. The highest BCUT2D eigenvalue weighted by Crippen LogP contribution is 2.25. The lowest BCUT2D eigenvalue weighted by Gasteiger charge is -2.21. The molecule has 0 saturated heterocycles. The zero-order chi connectivity index (χ0) is 19.1. The highest BCUT2D eigenvalue weighted by atomic mass is 35.5. The van der Waals surface area contributed by atoms with Crippen LogP contribution in [0, 0.1) is 0 Å². The van der Waals surface area contributed by atoms with Gasteiger partial charge in [0.2, 0.25) is 11.8 Å². The molecule has 2 amide bonds. The van der Waals surface area contributed by atoms with Gasteiger partial charge in [-0.25, -0.2) is 0 Å². The third-order valence-corrected chi connectivity index (χ3v) is 4.21. The van der Waals surface area contributed by atoms with Crippen molar-refractivity contribution in [3.05, 3.63) is 58.1 Å². The number of methoxy groups -OCH3 is 1. The van der Waals surface area contributed by atoms with Gasteiger partial charge >= 0.3 is 0 Å². The van der Waals surface area contributed by atoms with Crippen LogP contribution in [0.15, 0.2) is 42.5 Å². The molecule has 7 heteroatoms. The van der Waals surface area contributed by atoms with Crippen LogP contribution in [-0.4, -0.2) is 25.5 Å². The van der Waals surface area contributed by atoms with Gasteiger partial charge in [-0.2, -0.15) is 0 Å². The second kappa shape index (κ2) is 9.46. The number of anilines is 1. The van der Waals surface area contributed by atoms with Gasteiger partial charge < -0.3 is 15.0 Å². The predicted octanol–water partition coefficient (Wildman–Crippen LogP) is 4.06. The lowest BCUT2D eigenvalue weighted by Crippen LogP contribution is -2.33. The van der Waals surface area contributed by atoms with Crippen LogP contribution in [0.3, 0.4) is 0 Å². The average molecular weight is 395 g/mol. The Hall–Kier alpha value is -2.24. The molecule has 1 N–H and O–H groups in total. The van der Waals surface area contributed by atoms with Crippen molar-refractivity contribution in [3.8, 4) is 5.75 Å². The molecule has 2 rings (SSSR count). The summed E-state index contributed by atoms with van der Waals surface area (Å²) in [5.41, 5.74) is 1.45. The number of halogens is 2. The van der Waals surface area contributed by atoms with Crippen LogP contribution >= 0.6 is 23.2 Å². The van der Waals surface area contributed by atoms with E-state index in [9.17, 15) is 9.59 Å². The largest absolute Gasteiger partial charge is 0.496 e. The van der Waals surface area contributed by atoms with Crippen LogP contribution in [0.2, 0.25) is 10.0 Å². The van der Waals surface area contributed by atoms with Crippen LogP contribution in [0.1, 0.15) is 18.9 Å². The summed E-state index contributed by atoms with van der Waals surface area (Å²) in [6.45, 7) is 2.01. The smallest absolute Gasteiger partial charge is 0.223 e. The Kier molecular flexibility index (Phi) is 7.30. The molecule has 26 heavy (non-hydrogen) atoms. The Bertz CT molecular complexity index is 776. The molecule has 0 aliphatic rings. The highest BCUT2D eigenvalue weighted by Gasteiger charge is 2.15. The van der Waals surface area contributed by atoms with Crippen LogP contribution in [0.5, 0.6) is 5.75 Å². The molecular weight excluding hydrogens is 375 g/mol. The number of ether oxygens (including phenoxy) is 1. The van der Waals surface area contributed by atoms with E-state index in [0.717, 1.165) is 5.56 Å². The van der Waals surface area contributed by atoms with Crippen molar-refractivity contribution in [2.45, 2.75) is 19.9 Å². The van der Waals surface area contributed by atoms with Crippen molar-refractivity contribution in [2.75, 3.05) is 18.6 Å². The molecule has 2 aromatic rings. The van der Waals surface area contributed by atoms with Gasteiger partial charge in [-0.05, 0) is 24.3 Å². The van der Waals surface area contributed by atoms with E-state index in [1.165, 1.54) is 11.8 Å². The maximum atomic E-state index is 12.2. The Morgan fingerprint density at radius 2 is 1.77 bits per heavy atom. The standard InChI is InChI=1S/C19H20Cl2N2O3/c1-13(24)23(17-10-15(20)9-16(21)11-17)8-7-19(25)22-12-14-5-3-4-6-18(14)26-2/h3-6,9-11H,7-8,12H2,1-2H3,(H,22,25). The number of nitrogens with zero attached hydrogens (tertiary/aromatic N) is 1. The number of nitrogens with one attached hydrogen (secondary N) is 1. The molecule has 0 fully saturated rings. The number of rotatable bonds is 7. The van der Waals surface area contributed by atoms with Crippen molar-refractivity contribution in [1.82, 2.24) is 5.32 Å². The number of hydrogen-bond acceptors (Lipinski definition) is 3. The number of carbonyl (C=O) groups excluding carboxylic acids is 2. The van der Waals surface area contributed by atoms with E-state index in [1.54, 1.807) is 25.3 Å². The number of hydrogen-bond donors (Lipinski definition) is 1. The fourth-order valence-electron chi connectivity index (χ4n) is 2.51. The van der Waals surface area contributed by atoms with E-state index in [-0.39, 0.29) is 24.8 Å². The Morgan fingerprint density at radius 1 is 1.12 bits per heavy atom. The molecule has 0 unspecified atom stereocenters. The maximum absolute atomic E-state index is 12.2. The van der Waals surface area contributed by atoms with Crippen molar-refractivity contribution >= 4 is 40.7 Å². The molecule has 0 aliphatic carbocycles. The lowest BCUT2D eigenvalue weighted by atomic mass is 10.2. The van der Waals surface area contributed by atoms with Gasteiger partial charge in [-0.3, -0.25) is 9.59 Å². The molecule has 0 aromatic heterocycles. The van der Waals surface area contributed by atoms with Crippen LogP contribution < -0.4 is 15.0 Å². The van der Waals surface area contributed by atoms with Gasteiger partial charge in [0.25, 0.3) is 0 Å². The first-order chi connectivity index (χ1) is 12.4. The predicted molar refractivity (Wildman–Crippen MR) is 104 cm³/mol. The van der Waals surface area contributed by atoms with E-state index in [1.807, 2.05) is 24.3 Å². The van der Waals surface area contributed by atoms with E-state index in [4.69, 9.17) is 27.9 Å². The number of carbonyl (C=O) groups is 2. The van der Waals surface area contributed by atoms with Gasteiger partial charge in [0.05, 0.1) is 7.11 Å². The summed E-state index contributed by atoms with van der Waals surface area (Å²) in [5, 5.41) is 3.69. The van der Waals surface area contributed by atoms with Crippen molar-refractivity contribution < 1.29 is 14.3 Å². The summed E-state index contributed by atoms with van der Waals surface area (Å²) in [4.78, 5) is 25.6. The van der Waals surface area contributed by atoms with Gasteiger partial charge in [-0.1, -0.05) is 41.4 Å². The first kappa shape index (κ1) is 20.1. The minimum Gasteiger partial charge on any atom is -0.496 e. The third-order valence-electron chi connectivity index (χ3n) is 3.77. The van der Waals surface area contributed by atoms with Crippen molar-refractivity contribution in [1.29, 1.82) is 0 Å². The second-order valence-electron chi connectivity index (χ2n) is 5.64. The molecule has 138 valence electrons. The molecule has 0 radical (unpaired) electrons. The molecule has 0 saturated carbocycles. The highest BCUT2D eigenvalue weighted by molar-refractivity contribution is 6.35. The average Bonchev–Trinajstić information content (AvgIpc) is 2.59. The zero-order valence-electron chi connectivity index (χ0n) is 14.6. The first-order valence-electron chi connectivity index (χ1n) is 8.03. The summed E-state index contributed by atoms with van der Waals surface area (Å²) in [5.74, 6) is 0.350. The van der Waals surface area contributed by atoms with Gasteiger partial charge in [0.1, 0.15) is 5.75 Å². The Labute approximate surface area is 162 Å². The summed E-state index contributed by atoms with van der Waals surface area (Å²) < 4.78 is 5.26. The number of para-hydroxylation sites is 1. The van der Waals surface area contributed by atoms with E-state index >= 15 is 0 Å². The molecule has 0 heterocycles. The molecule has 5 nitrogen and oxygen atoms in total. The minimum atomic E-state index is -0.194.